The van der Waals surface area contributed by atoms with Gasteiger partial charge in [-0.1, -0.05) is 6.07 Å². The number of hydrogen-bond donors (Lipinski definition) is 1. The van der Waals surface area contributed by atoms with Crippen molar-refractivity contribution in [2.45, 2.75) is 29.4 Å². The average Bonchev–Trinajstić information content (AvgIpc) is 2.96. The van der Waals surface area contributed by atoms with Gasteiger partial charge in [0, 0.05) is 4.90 Å². The van der Waals surface area contributed by atoms with Crippen LogP contribution < -0.4 is 0 Å². The van der Waals surface area contributed by atoms with E-state index in [-0.39, 0.29) is 5.69 Å². The van der Waals surface area contributed by atoms with Crippen molar-refractivity contribution in [1.29, 1.82) is 0 Å². The predicted molar refractivity (Wildman–Crippen MR) is 66.1 cm³/mol. The molecule has 92 valence electrons. The van der Waals surface area contributed by atoms with Gasteiger partial charge in [0.2, 0.25) is 0 Å². The molecule has 2 aromatic rings. The Bertz CT molecular complexity index is 606. The molecule has 0 aliphatic heterocycles. The molecule has 0 fully saturated rings. The van der Waals surface area contributed by atoms with E-state index in [1.807, 2.05) is 6.07 Å². The number of aryl methyl sites for hydroxylation is 2. The highest BCUT2D eigenvalue weighted by Gasteiger charge is 2.14. The van der Waals surface area contributed by atoms with Gasteiger partial charge in [-0.2, -0.15) is 4.98 Å². The molecule has 1 aliphatic rings. The number of oxazole rings is 1. The van der Waals surface area contributed by atoms with Gasteiger partial charge in [0.05, 0.1) is 0 Å². The van der Waals surface area contributed by atoms with Crippen LogP contribution in [-0.4, -0.2) is 16.1 Å². The molecule has 1 heterocycles. The lowest BCUT2D eigenvalue weighted by Crippen LogP contribution is -1.95. The van der Waals surface area contributed by atoms with Crippen LogP contribution >= 0.6 is 11.8 Å². The van der Waals surface area contributed by atoms with Crippen LogP contribution in [0.3, 0.4) is 0 Å². The number of carbonyl (C=O) groups is 1. The van der Waals surface area contributed by atoms with Crippen LogP contribution in [0.1, 0.15) is 28.0 Å². The lowest BCUT2D eigenvalue weighted by atomic mass is 10.1. The molecule has 0 bridgehead atoms. The minimum absolute atomic E-state index is 0.0568. The third kappa shape index (κ3) is 2.13. The molecule has 1 aliphatic carbocycles. The third-order valence-corrected chi connectivity index (χ3v) is 3.83. The first-order valence-corrected chi connectivity index (χ1v) is 6.52. The van der Waals surface area contributed by atoms with E-state index in [0.717, 1.165) is 24.0 Å². The molecule has 3 rings (SSSR count). The van der Waals surface area contributed by atoms with Crippen molar-refractivity contribution in [3.63, 3.8) is 0 Å². The number of nitrogens with zero attached hydrogens (tertiary/aromatic N) is 1. The minimum Gasteiger partial charge on any atom is -0.476 e. The molecule has 18 heavy (non-hydrogen) atoms. The van der Waals surface area contributed by atoms with Gasteiger partial charge < -0.3 is 9.52 Å². The van der Waals surface area contributed by atoms with Gasteiger partial charge in [-0.25, -0.2) is 4.79 Å². The topological polar surface area (TPSA) is 63.3 Å². The number of hydrogen-bond acceptors (Lipinski definition) is 4. The maximum atomic E-state index is 10.7. The van der Waals surface area contributed by atoms with Crippen molar-refractivity contribution in [3.8, 4) is 0 Å². The lowest BCUT2D eigenvalue weighted by Gasteiger charge is -2.01. The Balaban J connectivity index is 1.81. The quantitative estimate of drug-likeness (QED) is 0.920. The van der Waals surface area contributed by atoms with Crippen LogP contribution in [0.2, 0.25) is 0 Å². The molecule has 0 amide bonds. The van der Waals surface area contributed by atoms with E-state index in [0.29, 0.717) is 5.22 Å². The molecule has 1 aromatic carbocycles. The van der Waals surface area contributed by atoms with Crippen LogP contribution in [0.5, 0.6) is 0 Å². The van der Waals surface area contributed by atoms with Crippen molar-refractivity contribution in [2.24, 2.45) is 0 Å². The zero-order valence-electron chi connectivity index (χ0n) is 9.55. The summed E-state index contributed by atoms with van der Waals surface area (Å²) in [7, 11) is 0. The average molecular weight is 261 g/mol. The Morgan fingerprint density at radius 1 is 1.33 bits per heavy atom. The summed E-state index contributed by atoms with van der Waals surface area (Å²) in [4.78, 5) is 15.6. The maximum Gasteiger partial charge on any atom is 0.357 e. The molecule has 5 heteroatoms. The van der Waals surface area contributed by atoms with Crippen LogP contribution in [0.15, 0.2) is 39.0 Å². The normalized spacial score (nSPS) is 13.6. The Morgan fingerprint density at radius 3 is 2.94 bits per heavy atom. The van der Waals surface area contributed by atoms with Crippen LogP contribution in [-0.2, 0) is 12.8 Å². The summed E-state index contributed by atoms with van der Waals surface area (Å²) in [6.45, 7) is 0. The number of aromatic carboxylic acids is 1. The van der Waals surface area contributed by atoms with Gasteiger partial charge in [0.15, 0.2) is 5.69 Å². The van der Waals surface area contributed by atoms with Crippen molar-refractivity contribution in [2.75, 3.05) is 0 Å². The van der Waals surface area contributed by atoms with Crippen molar-refractivity contribution >= 4 is 17.7 Å². The highest BCUT2D eigenvalue weighted by Crippen LogP contribution is 2.31. The predicted octanol–water partition coefficient (Wildman–Crippen LogP) is 3.01. The summed E-state index contributed by atoms with van der Waals surface area (Å²) in [5.74, 6) is -1.07. The fourth-order valence-corrected chi connectivity index (χ4v) is 2.89. The largest absolute Gasteiger partial charge is 0.476 e. The third-order valence-electron chi connectivity index (χ3n) is 2.98. The van der Waals surface area contributed by atoms with Gasteiger partial charge in [-0.3, -0.25) is 0 Å². The number of fused-ring (bicyclic) bond motifs is 1. The lowest BCUT2D eigenvalue weighted by molar-refractivity contribution is 0.0690. The van der Waals surface area contributed by atoms with Gasteiger partial charge in [0.1, 0.15) is 6.26 Å². The molecule has 0 saturated heterocycles. The van der Waals surface area contributed by atoms with E-state index in [2.05, 4.69) is 17.1 Å². The Hall–Kier alpha value is -1.75. The highest BCUT2D eigenvalue weighted by atomic mass is 32.2. The molecular weight excluding hydrogens is 250 g/mol. The van der Waals surface area contributed by atoms with Gasteiger partial charge >= 0.3 is 5.97 Å². The Labute approximate surface area is 108 Å². The highest BCUT2D eigenvalue weighted by molar-refractivity contribution is 7.99. The van der Waals surface area contributed by atoms with E-state index in [1.165, 1.54) is 29.3 Å². The first kappa shape index (κ1) is 11.3. The number of rotatable bonds is 3. The second kappa shape index (κ2) is 4.49. The Morgan fingerprint density at radius 2 is 2.17 bits per heavy atom. The molecule has 0 unspecified atom stereocenters. The van der Waals surface area contributed by atoms with Gasteiger partial charge in [-0.15, -0.1) is 0 Å². The van der Waals surface area contributed by atoms with E-state index in [1.54, 1.807) is 0 Å². The van der Waals surface area contributed by atoms with E-state index >= 15 is 0 Å². The summed E-state index contributed by atoms with van der Waals surface area (Å²) in [5.41, 5.74) is 2.74. The fourth-order valence-electron chi connectivity index (χ4n) is 2.11. The fraction of sp³-hybridized carbons (Fsp3) is 0.231. The van der Waals surface area contributed by atoms with E-state index in [9.17, 15) is 4.79 Å². The van der Waals surface area contributed by atoms with Crippen molar-refractivity contribution in [1.82, 2.24) is 4.98 Å². The van der Waals surface area contributed by atoms with Crippen LogP contribution in [0.25, 0.3) is 0 Å². The second-order valence-corrected chi connectivity index (χ2v) is 5.21. The molecule has 0 atom stereocenters. The minimum atomic E-state index is -1.07. The van der Waals surface area contributed by atoms with Crippen LogP contribution in [0.4, 0.5) is 0 Å². The molecule has 1 aromatic heterocycles. The molecular formula is C13H11NO3S. The maximum absolute atomic E-state index is 10.7. The van der Waals surface area contributed by atoms with E-state index in [4.69, 9.17) is 9.52 Å². The summed E-state index contributed by atoms with van der Waals surface area (Å²) >= 11 is 1.35. The summed E-state index contributed by atoms with van der Waals surface area (Å²) < 4.78 is 5.12. The van der Waals surface area contributed by atoms with Gasteiger partial charge in [0.25, 0.3) is 5.22 Å². The monoisotopic (exact) mass is 261 g/mol. The molecule has 4 nitrogen and oxygen atoms in total. The molecule has 0 saturated carbocycles. The van der Waals surface area contributed by atoms with Gasteiger partial charge in [-0.05, 0) is 54.3 Å². The standard InChI is InChI=1S/C13H11NO3S/c15-12(16)11-7-17-13(14-11)18-10-5-4-8-2-1-3-9(8)6-10/h4-7H,1-3H2,(H,15,16). The number of carboxylic acid groups (broad SMARTS) is 1. The smallest absolute Gasteiger partial charge is 0.357 e. The zero-order valence-corrected chi connectivity index (χ0v) is 10.4. The van der Waals surface area contributed by atoms with E-state index < -0.39 is 5.97 Å². The summed E-state index contributed by atoms with van der Waals surface area (Å²) in [5, 5.41) is 9.13. The second-order valence-electron chi connectivity index (χ2n) is 4.19. The first-order valence-electron chi connectivity index (χ1n) is 5.71. The first-order chi connectivity index (χ1) is 8.72. The molecule has 0 spiro atoms. The summed E-state index contributed by atoms with van der Waals surface area (Å²) in [6, 6.07) is 6.29. The number of aromatic nitrogens is 1. The van der Waals surface area contributed by atoms with Crippen molar-refractivity contribution < 1.29 is 14.3 Å². The number of carboxylic acids is 1. The molecule has 1 N–H and O–H groups in total. The SMILES string of the molecule is O=C(O)c1coc(Sc2ccc3c(c2)CCC3)n1. The summed E-state index contributed by atoms with van der Waals surface area (Å²) in [6.07, 6.45) is 4.65. The number of benzene rings is 1. The Kier molecular flexibility index (Phi) is 2.83. The molecule has 0 radical (unpaired) electrons. The zero-order chi connectivity index (χ0) is 12.5. The van der Waals surface area contributed by atoms with Crippen molar-refractivity contribution in [3.05, 3.63) is 41.3 Å². The van der Waals surface area contributed by atoms with Crippen LogP contribution in [0, 0.1) is 0 Å².